The molecule has 0 unspecified atom stereocenters. The quantitative estimate of drug-likeness (QED) is 0.477. The maximum atomic E-state index is 12.3. The Bertz CT molecular complexity index is 774. The molecule has 0 atom stereocenters. The largest absolute Gasteiger partial charge is 0.331 e. The van der Waals surface area contributed by atoms with Crippen LogP contribution >= 0.6 is 0 Å². The smallest absolute Gasteiger partial charge is 0.262 e. The van der Waals surface area contributed by atoms with Crippen molar-refractivity contribution in [2.24, 2.45) is 0 Å². The van der Waals surface area contributed by atoms with Gasteiger partial charge in [-0.1, -0.05) is 24.3 Å². The van der Waals surface area contributed by atoms with E-state index in [1.807, 2.05) is 0 Å². The fraction of sp³-hybridized carbons (Fsp3) is 0. The van der Waals surface area contributed by atoms with Crippen LogP contribution in [0.15, 0.2) is 59.5 Å². The van der Waals surface area contributed by atoms with Crippen LogP contribution in [0.5, 0.6) is 0 Å². The molecule has 2 aromatic carbocycles. The zero-order valence-corrected chi connectivity index (χ0v) is 11.4. The first-order valence-corrected chi connectivity index (χ1v) is 7.13. The number of rotatable bonds is 5. The Balaban J connectivity index is 2.52. The monoisotopic (exact) mass is 305 g/mol. The fourth-order valence-electron chi connectivity index (χ4n) is 1.67. The van der Waals surface area contributed by atoms with Crippen molar-refractivity contribution < 1.29 is 18.1 Å². The van der Waals surface area contributed by atoms with Gasteiger partial charge in [-0.05, 0) is 18.2 Å². The third-order valence-corrected chi connectivity index (χ3v) is 4.27. The molecule has 0 bridgehead atoms. The maximum absolute atomic E-state index is 12.3. The molecule has 7 nitrogen and oxygen atoms in total. The number of hydrogen-bond donors (Lipinski definition) is 0. The van der Waals surface area contributed by atoms with Crippen LogP contribution < -0.4 is 4.31 Å². The number of amides is 1. The minimum Gasteiger partial charge on any atom is -0.262 e. The van der Waals surface area contributed by atoms with E-state index in [0.717, 1.165) is 6.07 Å². The van der Waals surface area contributed by atoms with E-state index in [9.17, 15) is 23.3 Å². The molecule has 2 aromatic rings. The lowest BCUT2D eigenvalue weighted by atomic mass is 10.3. The normalized spacial score (nSPS) is 10.9. The SMILES string of the molecule is O=[C]N(c1cccc([N+](=O)[O-])c1)S(=O)(=O)c1ccccc1. The van der Waals surface area contributed by atoms with Crippen molar-refractivity contribution in [3.05, 3.63) is 64.7 Å². The number of non-ortho nitro benzene ring substituents is 1. The maximum Gasteiger partial charge on any atom is 0.331 e. The van der Waals surface area contributed by atoms with Gasteiger partial charge in [0, 0.05) is 12.1 Å². The fourth-order valence-corrected chi connectivity index (χ4v) is 2.87. The highest BCUT2D eigenvalue weighted by molar-refractivity contribution is 7.93. The van der Waals surface area contributed by atoms with E-state index in [2.05, 4.69) is 0 Å². The van der Waals surface area contributed by atoms with Crippen LogP contribution in [0, 0.1) is 10.1 Å². The summed E-state index contributed by atoms with van der Waals surface area (Å²) >= 11 is 0. The topological polar surface area (TPSA) is 97.6 Å². The summed E-state index contributed by atoms with van der Waals surface area (Å²) in [5.41, 5.74) is -0.473. The Morgan fingerprint density at radius 1 is 1.05 bits per heavy atom. The molecule has 0 heterocycles. The Morgan fingerprint density at radius 2 is 1.71 bits per heavy atom. The molecule has 1 radical (unpaired) electrons. The summed E-state index contributed by atoms with van der Waals surface area (Å²) in [4.78, 5) is 21.0. The van der Waals surface area contributed by atoms with Crippen molar-refractivity contribution in [2.75, 3.05) is 4.31 Å². The van der Waals surface area contributed by atoms with Gasteiger partial charge in [-0.25, -0.2) is 8.42 Å². The van der Waals surface area contributed by atoms with Gasteiger partial charge in [0.05, 0.1) is 15.5 Å². The highest BCUT2D eigenvalue weighted by atomic mass is 32.2. The molecular weight excluding hydrogens is 296 g/mol. The molecule has 0 fully saturated rings. The second-order valence-electron chi connectivity index (χ2n) is 3.95. The van der Waals surface area contributed by atoms with Gasteiger partial charge in [0.25, 0.3) is 15.7 Å². The van der Waals surface area contributed by atoms with Gasteiger partial charge in [-0.15, -0.1) is 0 Å². The first-order valence-electron chi connectivity index (χ1n) is 5.69. The molecule has 0 saturated heterocycles. The molecule has 0 aliphatic rings. The third kappa shape index (κ3) is 2.90. The summed E-state index contributed by atoms with van der Waals surface area (Å²) in [6, 6.07) is 12.0. The van der Waals surface area contributed by atoms with E-state index >= 15 is 0 Å². The molecule has 0 N–H and O–H groups in total. The molecule has 0 saturated carbocycles. The van der Waals surface area contributed by atoms with Gasteiger partial charge in [0.2, 0.25) is 0 Å². The second kappa shape index (κ2) is 5.71. The van der Waals surface area contributed by atoms with Crippen LogP contribution in [0.25, 0.3) is 0 Å². The predicted molar refractivity (Wildman–Crippen MR) is 74.9 cm³/mol. The van der Waals surface area contributed by atoms with Crippen LogP contribution in [-0.4, -0.2) is 19.8 Å². The van der Waals surface area contributed by atoms with Gasteiger partial charge in [-0.3, -0.25) is 14.9 Å². The Hall–Kier alpha value is -2.74. The van der Waals surface area contributed by atoms with Crippen LogP contribution in [0.2, 0.25) is 0 Å². The van der Waals surface area contributed by atoms with Crippen LogP contribution in [0.1, 0.15) is 0 Å². The summed E-state index contributed by atoms with van der Waals surface area (Å²) < 4.78 is 25.0. The van der Waals surface area contributed by atoms with Crippen molar-refractivity contribution in [3.8, 4) is 0 Å². The zero-order valence-electron chi connectivity index (χ0n) is 10.5. The molecule has 1 amide bonds. The summed E-state index contributed by atoms with van der Waals surface area (Å²) in [6.45, 7) is 0. The van der Waals surface area contributed by atoms with E-state index in [1.54, 1.807) is 6.07 Å². The van der Waals surface area contributed by atoms with E-state index in [1.165, 1.54) is 48.9 Å². The molecule has 0 aromatic heterocycles. The van der Waals surface area contributed by atoms with Gasteiger partial charge in [-0.2, -0.15) is 4.31 Å². The highest BCUT2D eigenvalue weighted by Gasteiger charge is 2.26. The number of nitro groups is 1. The second-order valence-corrected chi connectivity index (χ2v) is 5.74. The average Bonchev–Trinajstić information content (AvgIpc) is 2.49. The van der Waals surface area contributed by atoms with E-state index in [4.69, 9.17) is 0 Å². The summed E-state index contributed by atoms with van der Waals surface area (Å²) in [6.07, 6.45) is 1.30. The Morgan fingerprint density at radius 3 is 2.29 bits per heavy atom. The van der Waals surface area contributed by atoms with E-state index in [0.29, 0.717) is 4.31 Å². The molecule has 0 aliphatic heterocycles. The highest BCUT2D eigenvalue weighted by Crippen LogP contribution is 2.25. The summed E-state index contributed by atoms with van der Waals surface area (Å²) in [7, 11) is -4.16. The standard InChI is InChI=1S/C13H9N2O5S/c16-10-14(11-5-4-6-12(9-11)15(17)18)21(19,20)13-7-2-1-3-8-13/h1-9H. The van der Waals surface area contributed by atoms with Crippen LogP contribution in [0.3, 0.4) is 0 Å². The minimum atomic E-state index is -4.16. The molecule has 8 heteroatoms. The molecule has 107 valence electrons. The third-order valence-electron chi connectivity index (χ3n) is 2.64. The molecule has 0 spiro atoms. The number of nitro benzene ring substituents is 1. The predicted octanol–water partition coefficient (Wildman–Crippen LogP) is 1.86. The van der Waals surface area contributed by atoms with Gasteiger partial charge in [0.1, 0.15) is 0 Å². The number of anilines is 1. The lowest BCUT2D eigenvalue weighted by Crippen LogP contribution is -2.29. The van der Waals surface area contributed by atoms with Crippen molar-refractivity contribution in [2.45, 2.75) is 4.90 Å². The molecule has 21 heavy (non-hydrogen) atoms. The first kappa shape index (κ1) is 14.7. The number of carbonyl (C=O) groups excluding carboxylic acids is 1. The molecule has 0 aliphatic carbocycles. The molecular formula is C13H9N2O5S. The Labute approximate surface area is 120 Å². The Kier molecular flexibility index (Phi) is 3.99. The lowest BCUT2D eigenvalue weighted by Gasteiger charge is -2.16. The van der Waals surface area contributed by atoms with Gasteiger partial charge < -0.3 is 0 Å². The zero-order chi connectivity index (χ0) is 15.5. The number of hydrogen-bond acceptors (Lipinski definition) is 5. The van der Waals surface area contributed by atoms with Gasteiger partial charge in [0.15, 0.2) is 0 Å². The summed E-state index contributed by atoms with van der Waals surface area (Å²) in [5, 5.41) is 10.7. The van der Waals surface area contributed by atoms with Crippen molar-refractivity contribution in [1.82, 2.24) is 0 Å². The van der Waals surface area contributed by atoms with E-state index < -0.39 is 14.9 Å². The lowest BCUT2D eigenvalue weighted by molar-refractivity contribution is -0.384. The van der Waals surface area contributed by atoms with Crippen LogP contribution in [-0.2, 0) is 14.8 Å². The van der Waals surface area contributed by atoms with E-state index in [-0.39, 0.29) is 16.3 Å². The average molecular weight is 305 g/mol. The number of benzene rings is 2. The van der Waals surface area contributed by atoms with Crippen molar-refractivity contribution >= 4 is 27.8 Å². The van der Waals surface area contributed by atoms with Crippen molar-refractivity contribution in [3.63, 3.8) is 0 Å². The molecule has 2 rings (SSSR count). The van der Waals surface area contributed by atoms with Gasteiger partial charge >= 0.3 is 6.41 Å². The number of nitrogens with zero attached hydrogens (tertiary/aromatic N) is 2. The minimum absolute atomic E-state index is 0.111. The van der Waals surface area contributed by atoms with Crippen LogP contribution in [0.4, 0.5) is 11.4 Å². The number of sulfonamides is 1. The summed E-state index contributed by atoms with van der Waals surface area (Å²) in [5.74, 6) is 0. The first-order chi connectivity index (χ1) is 9.96. The van der Waals surface area contributed by atoms with Crippen molar-refractivity contribution in [1.29, 1.82) is 0 Å².